The molecule has 0 saturated heterocycles. The van der Waals surface area contributed by atoms with Crippen LogP contribution in [0.5, 0.6) is 17.2 Å². The number of hydrogen-bond donors (Lipinski definition) is 3. The highest BCUT2D eigenvalue weighted by Gasteiger charge is 2.36. The zero-order valence-electron chi connectivity index (χ0n) is 23.8. The Morgan fingerprint density at radius 3 is 2.55 bits per heavy atom. The van der Waals surface area contributed by atoms with Gasteiger partial charge in [-0.1, -0.05) is 34.7 Å². The molecule has 1 saturated carbocycles. The summed E-state index contributed by atoms with van der Waals surface area (Å²) in [5.74, 6) is 3.39. The lowest BCUT2D eigenvalue weighted by Crippen LogP contribution is -2.31. The molecule has 2 heterocycles. The Morgan fingerprint density at radius 2 is 1.81 bits per heavy atom. The molecule has 0 aliphatic heterocycles. The number of fused-ring (bicyclic) bond motifs is 2. The van der Waals surface area contributed by atoms with E-state index in [1.165, 1.54) is 11.3 Å². The molecule has 12 heteroatoms. The number of nitrogens with two attached hydrogens (primary N) is 1. The first kappa shape index (κ1) is 27.6. The Labute approximate surface area is 247 Å². The van der Waals surface area contributed by atoms with Crippen LogP contribution in [0.15, 0.2) is 47.0 Å². The van der Waals surface area contributed by atoms with E-state index in [0.29, 0.717) is 56.3 Å². The topological polar surface area (TPSA) is 147 Å². The van der Waals surface area contributed by atoms with Crippen molar-refractivity contribution in [3.63, 3.8) is 0 Å². The molecule has 0 radical (unpaired) electrons. The molecule has 1 fully saturated rings. The normalized spacial score (nSPS) is 19.0. The molecule has 2 aromatic carbocycles. The number of rotatable bonds is 9. The second kappa shape index (κ2) is 11.4. The fourth-order valence-corrected chi connectivity index (χ4v) is 6.50. The van der Waals surface area contributed by atoms with Crippen LogP contribution in [-0.2, 0) is 4.79 Å². The highest BCUT2D eigenvalue weighted by atomic mass is 32.1. The SMILES string of the molecule is COc1cc(Nc2nc(N)c(-c3nc(-c4cc(NC(=O)C5CC[C@H]6C=C[C@@H]5C6)ccc4C)no3)s2)cc(OC)c1OC. The number of amides is 1. The summed E-state index contributed by atoms with van der Waals surface area (Å²) >= 11 is 1.27. The van der Waals surface area contributed by atoms with E-state index in [2.05, 4.69) is 37.9 Å². The van der Waals surface area contributed by atoms with Gasteiger partial charge in [-0.2, -0.15) is 4.98 Å². The Bertz CT molecular complexity index is 1640. The van der Waals surface area contributed by atoms with E-state index in [0.717, 1.165) is 30.4 Å². The van der Waals surface area contributed by atoms with Crippen molar-refractivity contribution in [3.05, 3.63) is 48.0 Å². The summed E-state index contributed by atoms with van der Waals surface area (Å²) in [6, 6.07) is 9.26. The number of nitrogens with one attached hydrogen (secondary N) is 2. The first-order valence-corrected chi connectivity index (χ1v) is 14.5. The van der Waals surface area contributed by atoms with E-state index in [4.69, 9.17) is 24.5 Å². The fraction of sp³-hybridized carbons (Fsp3) is 0.333. The molecule has 2 aliphatic rings. The van der Waals surface area contributed by atoms with Crippen molar-refractivity contribution in [2.75, 3.05) is 37.7 Å². The average molecular weight is 589 g/mol. The number of hydrogen-bond acceptors (Lipinski definition) is 11. The van der Waals surface area contributed by atoms with Gasteiger partial charge in [0.15, 0.2) is 16.6 Å². The maximum atomic E-state index is 13.1. The van der Waals surface area contributed by atoms with Crippen molar-refractivity contribution in [2.24, 2.45) is 17.8 Å². The standard InChI is InChI=1S/C30H32N6O5S/c1-15-5-9-18(32-28(37)20-10-7-16-6-8-17(20)11-16)12-21(15)27-35-29(41-36-27)25-26(31)34-30(42-25)33-19-13-22(38-2)24(40-4)23(14-19)39-3/h5-6,8-9,12-14,16-17,20H,7,10-11,31H2,1-4H3,(H,32,37)(H,33,34)/t16-,17-,20?/m1/s1. The molecule has 0 spiro atoms. The quantitative estimate of drug-likeness (QED) is 0.197. The van der Waals surface area contributed by atoms with E-state index in [1.807, 2.05) is 25.1 Å². The first-order valence-electron chi connectivity index (χ1n) is 13.6. The van der Waals surface area contributed by atoms with Gasteiger partial charge in [0, 0.05) is 35.0 Å². The number of benzene rings is 2. The molecule has 2 aliphatic carbocycles. The minimum Gasteiger partial charge on any atom is -0.493 e. The Balaban J connectivity index is 1.21. The fourth-order valence-electron chi connectivity index (χ4n) is 5.67. The third-order valence-corrected chi connectivity index (χ3v) is 8.82. The first-order chi connectivity index (χ1) is 20.4. The van der Waals surface area contributed by atoms with Gasteiger partial charge < -0.3 is 35.1 Å². The summed E-state index contributed by atoms with van der Waals surface area (Å²) in [5, 5.41) is 11.1. The maximum Gasteiger partial charge on any atom is 0.272 e. The molecule has 2 aromatic heterocycles. The molecule has 6 rings (SSSR count). The Hall–Kier alpha value is -4.58. The number of thiazole rings is 1. The summed E-state index contributed by atoms with van der Waals surface area (Å²) < 4.78 is 21.9. The second-order valence-corrected chi connectivity index (χ2v) is 11.4. The molecular weight excluding hydrogens is 556 g/mol. The van der Waals surface area contributed by atoms with E-state index in [-0.39, 0.29) is 23.5 Å². The van der Waals surface area contributed by atoms with Gasteiger partial charge in [0.2, 0.25) is 17.5 Å². The number of aryl methyl sites for hydroxylation is 1. The number of nitrogen functional groups attached to an aromatic ring is 1. The van der Waals surface area contributed by atoms with Gasteiger partial charge in [-0.3, -0.25) is 4.79 Å². The van der Waals surface area contributed by atoms with Crippen LogP contribution < -0.4 is 30.6 Å². The predicted octanol–water partition coefficient (Wildman–Crippen LogP) is 6.06. The number of carbonyl (C=O) groups is 1. The number of ether oxygens (including phenoxy) is 3. The third-order valence-electron chi connectivity index (χ3n) is 7.84. The average Bonchev–Trinajstić information content (AvgIpc) is 3.72. The van der Waals surface area contributed by atoms with Crippen LogP contribution in [0.4, 0.5) is 22.3 Å². The van der Waals surface area contributed by atoms with Gasteiger partial charge in [-0.15, -0.1) is 0 Å². The molecule has 3 atom stereocenters. The minimum atomic E-state index is -0.00118. The highest BCUT2D eigenvalue weighted by Crippen LogP contribution is 2.43. The number of allylic oxidation sites excluding steroid dienone is 2. The van der Waals surface area contributed by atoms with Crippen molar-refractivity contribution in [1.29, 1.82) is 0 Å². The predicted molar refractivity (Wildman–Crippen MR) is 161 cm³/mol. The van der Waals surface area contributed by atoms with E-state index in [9.17, 15) is 4.79 Å². The third kappa shape index (κ3) is 5.25. The summed E-state index contributed by atoms with van der Waals surface area (Å²) in [4.78, 5) is 22.7. The summed E-state index contributed by atoms with van der Waals surface area (Å²) in [6.07, 6.45) is 7.52. The molecule has 2 bridgehead atoms. The lowest BCUT2D eigenvalue weighted by molar-refractivity contribution is -0.121. The van der Waals surface area contributed by atoms with E-state index >= 15 is 0 Å². The zero-order valence-corrected chi connectivity index (χ0v) is 24.6. The monoisotopic (exact) mass is 588 g/mol. The van der Waals surface area contributed by atoms with Crippen molar-refractivity contribution in [2.45, 2.75) is 26.2 Å². The van der Waals surface area contributed by atoms with Crippen molar-refractivity contribution < 1.29 is 23.5 Å². The van der Waals surface area contributed by atoms with Crippen molar-refractivity contribution in [1.82, 2.24) is 15.1 Å². The molecule has 42 heavy (non-hydrogen) atoms. The number of anilines is 4. The van der Waals surface area contributed by atoms with Crippen LogP contribution in [0.3, 0.4) is 0 Å². The number of aromatic nitrogens is 3. The molecule has 218 valence electrons. The molecule has 4 N–H and O–H groups in total. The minimum absolute atomic E-state index is 0.00118. The van der Waals surface area contributed by atoms with Crippen LogP contribution >= 0.6 is 11.3 Å². The summed E-state index contributed by atoms with van der Waals surface area (Å²) in [5.41, 5.74) is 9.32. The van der Waals surface area contributed by atoms with E-state index in [1.54, 1.807) is 33.5 Å². The van der Waals surface area contributed by atoms with Gasteiger partial charge >= 0.3 is 0 Å². The largest absolute Gasteiger partial charge is 0.493 e. The van der Waals surface area contributed by atoms with Gasteiger partial charge in [-0.05, 0) is 55.7 Å². The zero-order chi connectivity index (χ0) is 29.4. The van der Waals surface area contributed by atoms with E-state index < -0.39 is 0 Å². The number of nitrogens with zero attached hydrogens (tertiary/aromatic N) is 3. The number of carbonyl (C=O) groups excluding carboxylic acids is 1. The van der Waals surface area contributed by atoms with Gasteiger partial charge in [0.25, 0.3) is 5.89 Å². The molecular formula is C30H32N6O5S. The Morgan fingerprint density at radius 1 is 1.02 bits per heavy atom. The van der Waals surface area contributed by atoms with Crippen LogP contribution in [0.1, 0.15) is 24.8 Å². The smallest absolute Gasteiger partial charge is 0.272 e. The molecule has 1 amide bonds. The second-order valence-electron chi connectivity index (χ2n) is 10.4. The molecule has 1 unspecified atom stereocenters. The van der Waals surface area contributed by atoms with Crippen molar-refractivity contribution in [3.8, 4) is 39.4 Å². The molecule has 4 aromatic rings. The Kier molecular flexibility index (Phi) is 7.46. The molecule has 11 nitrogen and oxygen atoms in total. The van der Waals surface area contributed by atoms with Gasteiger partial charge in [-0.25, -0.2) is 4.98 Å². The van der Waals surface area contributed by atoms with Crippen molar-refractivity contribution >= 4 is 39.6 Å². The summed E-state index contributed by atoms with van der Waals surface area (Å²) in [7, 11) is 4.65. The highest BCUT2D eigenvalue weighted by molar-refractivity contribution is 7.19. The maximum absolute atomic E-state index is 13.1. The van der Waals surface area contributed by atoms with Gasteiger partial charge in [0.1, 0.15) is 10.7 Å². The van der Waals surface area contributed by atoms with Crippen LogP contribution in [0, 0.1) is 24.7 Å². The van der Waals surface area contributed by atoms with Crippen LogP contribution in [0.25, 0.3) is 22.2 Å². The van der Waals surface area contributed by atoms with Crippen LogP contribution in [0.2, 0.25) is 0 Å². The number of methoxy groups -OCH3 is 3. The lowest BCUT2D eigenvalue weighted by atomic mass is 9.78. The summed E-state index contributed by atoms with van der Waals surface area (Å²) in [6.45, 7) is 1.96. The lowest BCUT2D eigenvalue weighted by Gasteiger charge is -2.27. The van der Waals surface area contributed by atoms with Crippen LogP contribution in [-0.4, -0.2) is 42.4 Å². The van der Waals surface area contributed by atoms with Gasteiger partial charge in [0.05, 0.1) is 21.3 Å².